The van der Waals surface area contributed by atoms with E-state index in [9.17, 15) is 9.18 Å². The molecule has 0 atom stereocenters. The van der Waals surface area contributed by atoms with Gasteiger partial charge in [0.2, 0.25) is 0 Å². The normalized spacial score (nSPS) is 16.4. The van der Waals surface area contributed by atoms with Crippen LogP contribution in [0.15, 0.2) is 18.2 Å². The third kappa shape index (κ3) is 3.13. The van der Waals surface area contributed by atoms with E-state index in [0.29, 0.717) is 6.54 Å². The van der Waals surface area contributed by atoms with Gasteiger partial charge in [0.05, 0.1) is 10.6 Å². The van der Waals surface area contributed by atoms with Gasteiger partial charge in [-0.05, 0) is 31.4 Å². The number of halogens is 3. The van der Waals surface area contributed by atoms with Crippen LogP contribution in [0.4, 0.5) is 4.39 Å². The summed E-state index contributed by atoms with van der Waals surface area (Å²) in [5, 5.41) is 2.55. The van der Waals surface area contributed by atoms with Gasteiger partial charge in [-0.2, -0.15) is 0 Å². The standard InChI is InChI=1S/C12H14ClFN2O.ClH/c13-10-8(3-1-4-9(10)14)11(17)16-7-12(15)5-2-6-12;/h1,3-4H,2,5-7,15H2,(H,16,17);1H. The summed E-state index contributed by atoms with van der Waals surface area (Å²) in [6.45, 7) is 0.401. The van der Waals surface area contributed by atoms with Gasteiger partial charge in [0, 0.05) is 12.1 Å². The van der Waals surface area contributed by atoms with Gasteiger partial charge in [-0.1, -0.05) is 17.7 Å². The van der Waals surface area contributed by atoms with Gasteiger partial charge < -0.3 is 11.1 Å². The first kappa shape index (κ1) is 15.2. The molecule has 1 aromatic rings. The van der Waals surface area contributed by atoms with E-state index in [1.54, 1.807) is 0 Å². The summed E-state index contributed by atoms with van der Waals surface area (Å²) in [7, 11) is 0. The number of carbonyl (C=O) groups is 1. The van der Waals surface area contributed by atoms with E-state index in [1.165, 1.54) is 18.2 Å². The first-order valence-corrected chi connectivity index (χ1v) is 5.91. The second-order valence-corrected chi connectivity index (χ2v) is 4.88. The maximum atomic E-state index is 13.2. The van der Waals surface area contributed by atoms with Crippen molar-refractivity contribution in [2.75, 3.05) is 6.54 Å². The quantitative estimate of drug-likeness (QED) is 0.899. The Hall–Kier alpha value is -0.840. The van der Waals surface area contributed by atoms with Crippen molar-refractivity contribution >= 4 is 29.9 Å². The molecule has 0 saturated heterocycles. The van der Waals surface area contributed by atoms with Crippen molar-refractivity contribution in [2.24, 2.45) is 5.73 Å². The molecule has 18 heavy (non-hydrogen) atoms. The molecule has 0 radical (unpaired) electrons. The highest BCUT2D eigenvalue weighted by atomic mass is 35.5. The summed E-state index contributed by atoms with van der Waals surface area (Å²) in [4.78, 5) is 11.8. The molecule has 0 bridgehead atoms. The maximum Gasteiger partial charge on any atom is 0.252 e. The molecule has 100 valence electrons. The van der Waals surface area contributed by atoms with Crippen LogP contribution in [0.2, 0.25) is 5.02 Å². The van der Waals surface area contributed by atoms with Crippen molar-refractivity contribution in [3.05, 3.63) is 34.6 Å². The van der Waals surface area contributed by atoms with E-state index in [2.05, 4.69) is 5.32 Å². The predicted octanol–water partition coefficient (Wildman–Crippen LogP) is 2.51. The molecule has 0 heterocycles. The zero-order valence-electron chi connectivity index (χ0n) is 9.71. The molecule has 1 aromatic carbocycles. The molecule has 1 fully saturated rings. The van der Waals surface area contributed by atoms with E-state index in [0.717, 1.165) is 19.3 Å². The first-order valence-electron chi connectivity index (χ1n) is 5.53. The van der Waals surface area contributed by atoms with Gasteiger partial charge in [-0.15, -0.1) is 12.4 Å². The van der Waals surface area contributed by atoms with Gasteiger partial charge in [-0.3, -0.25) is 4.79 Å². The third-order valence-electron chi connectivity index (χ3n) is 3.15. The van der Waals surface area contributed by atoms with E-state index in [-0.39, 0.29) is 34.4 Å². The maximum absolute atomic E-state index is 13.2. The zero-order valence-corrected chi connectivity index (χ0v) is 11.3. The molecular formula is C12H15Cl2FN2O. The lowest BCUT2D eigenvalue weighted by Crippen LogP contribution is -2.54. The van der Waals surface area contributed by atoms with Crippen LogP contribution in [-0.2, 0) is 0 Å². The Bertz CT molecular complexity index is 450. The Kier molecular flexibility index (Phi) is 4.96. The molecule has 0 spiro atoms. The second kappa shape index (κ2) is 5.87. The number of hydrogen-bond acceptors (Lipinski definition) is 2. The fraction of sp³-hybridized carbons (Fsp3) is 0.417. The fourth-order valence-corrected chi connectivity index (χ4v) is 2.05. The summed E-state index contributed by atoms with van der Waals surface area (Å²) in [5.74, 6) is -0.975. The molecule has 3 nitrogen and oxygen atoms in total. The lowest BCUT2D eigenvalue weighted by Gasteiger charge is -2.38. The van der Waals surface area contributed by atoms with Crippen molar-refractivity contribution < 1.29 is 9.18 Å². The van der Waals surface area contributed by atoms with E-state index in [1.807, 2.05) is 0 Å². The van der Waals surface area contributed by atoms with Crippen molar-refractivity contribution in [2.45, 2.75) is 24.8 Å². The minimum atomic E-state index is -0.592. The SMILES string of the molecule is Cl.NC1(CNC(=O)c2cccc(F)c2Cl)CCC1. The largest absolute Gasteiger partial charge is 0.350 e. The van der Waals surface area contributed by atoms with Crippen molar-refractivity contribution in [1.29, 1.82) is 0 Å². The monoisotopic (exact) mass is 292 g/mol. The Balaban J connectivity index is 0.00000162. The molecule has 1 aliphatic rings. The molecule has 1 aliphatic carbocycles. The average molecular weight is 293 g/mol. The van der Waals surface area contributed by atoms with Crippen LogP contribution in [-0.4, -0.2) is 18.0 Å². The van der Waals surface area contributed by atoms with E-state index >= 15 is 0 Å². The van der Waals surface area contributed by atoms with E-state index < -0.39 is 5.82 Å². The van der Waals surface area contributed by atoms with Crippen LogP contribution >= 0.6 is 24.0 Å². The fourth-order valence-electron chi connectivity index (χ4n) is 1.84. The second-order valence-electron chi connectivity index (χ2n) is 4.50. The van der Waals surface area contributed by atoms with Gasteiger partial charge in [0.15, 0.2) is 0 Å². The molecule has 0 unspecified atom stereocenters. The molecule has 3 N–H and O–H groups in total. The van der Waals surface area contributed by atoms with Crippen LogP contribution in [0.25, 0.3) is 0 Å². The molecule has 0 aliphatic heterocycles. The Labute approximate surface area is 116 Å². The smallest absolute Gasteiger partial charge is 0.252 e. The molecule has 1 amide bonds. The van der Waals surface area contributed by atoms with Crippen LogP contribution in [0.1, 0.15) is 29.6 Å². The van der Waals surface area contributed by atoms with Gasteiger partial charge in [0.1, 0.15) is 5.82 Å². The number of hydrogen-bond donors (Lipinski definition) is 2. The highest BCUT2D eigenvalue weighted by molar-refractivity contribution is 6.34. The number of nitrogens with one attached hydrogen (secondary N) is 1. The highest BCUT2D eigenvalue weighted by Gasteiger charge is 2.32. The Morgan fingerprint density at radius 2 is 2.17 bits per heavy atom. The molecule has 1 saturated carbocycles. The summed E-state index contributed by atoms with van der Waals surface area (Å²) in [6, 6.07) is 4.16. The first-order chi connectivity index (χ1) is 8.02. The van der Waals surface area contributed by atoms with Gasteiger partial charge >= 0.3 is 0 Å². The van der Waals surface area contributed by atoms with E-state index in [4.69, 9.17) is 17.3 Å². The number of nitrogens with two attached hydrogens (primary N) is 1. The number of carbonyl (C=O) groups excluding carboxylic acids is 1. The zero-order chi connectivity index (χ0) is 12.5. The summed E-state index contributed by atoms with van der Waals surface area (Å²) in [6.07, 6.45) is 2.90. The Morgan fingerprint density at radius 1 is 1.50 bits per heavy atom. The van der Waals surface area contributed by atoms with Gasteiger partial charge in [-0.25, -0.2) is 4.39 Å². The summed E-state index contributed by atoms with van der Waals surface area (Å²) < 4.78 is 13.2. The van der Waals surface area contributed by atoms with Gasteiger partial charge in [0.25, 0.3) is 5.91 Å². The Morgan fingerprint density at radius 3 is 2.72 bits per heavy atom. The van der Waals surface area contributed by atoms with Crippen LogP contribution in [0.5, 0.6) is 0 Å². The van der Waals surface area contributed by atoms with Crippen LogP contribution in [0, 0.1) is 5.82 Å². The highest BCUT2D eigenvalue weighted by Crippen LogP contribution is 2.28. The molecule has 2 rings (SSSR count). The number of rotatable bonds is 3. The topological polar surface area (TPSA) is 55.1 Å². The third-order valence-corrected chi connectivity index (χ3v) is 3.53. The average Bonchev–Trinajstić information content (AvgIpc) is 2.27. The summed E-state index contributed by atoms with van der Waals surface area (Å²) >= 11 is 5.72. The predicted molar refractivity (Wildman–Crippen MR) is 71.8 cm³/mol. The number of benzene rings is 1. The lowest BCUT2D eigenvalue weighted by molar-refractivity contribution is 0.0929. The van der Waals surface area contributed by atoms with Crippen LogP contribution < -0.4 is 11.1 Å². The van der Waals surface area contributed by atoms with Crippen LogP contribution in [0.3, 0.4) is 0 Å². The molecule has 6 heteroatoms. The van der Waals surface area contributed by atoms with Crippen molar-refractivity contribution in [3.8, 4) is 0 Å². The minimum Gasteiger partial charge on any atom is -0.350 e. The van der Waals surface area contributed by atoms with Crippen molar-refractivity contribution in [1.82, 2.24) is 5.32 Å². The minimum absolute atomic E-state index is 0. The molecular weight excluding hydrogens is 278 g/mol. The van der Waals surface area contributed by atoms with Crippen molar-refractivity contribution in [3.63, 3.8) is 0 Å². The number of amides is 1. The lowest BCUT2D eigenvalue weighted by atomic mass is 9.78. The summed E-state index contributed by atoms with van der Waals surface area (Å²) in [5.41, 5.74) is 5.83. The molecule has 0 aromatic heterocycles.